The lowest BCUT2D eigenvalue weighted by atomic mass is 10.2. The molecule has 0 saturated heterocycles. The van der Waals surface area contributed by atoms with Crippen LogP contribution in [0.15, 0.2) is 36.9 Å². The van der Waals surface area contributed by atoms with Gasteiger partial charge in [0.1, 0.15) is 24.5 Å². The molecule has 0 atom stereocenters. The zero-order valence-electron chi connectivity index (χ0n) is 11.6. The van der Waals surface area contributed by atoms with E-state index in [0.29, 0.717) is 6.54 Å². The molecule has 6 heteroatoms. The lowest BCUT2D eigenvalue weighted by Gasteiger charge is -2.20. The Labute approximate surface area is 118 Å². The van der Waals surface area contributed by atoms with Gasteiger partial charge in [-0.25, -0.2) is 9.97 Å². The minimum Gasteiger partial charge on any atom is -0.355 e. The highest BCUT2D eigenvalue weighted by Crippen LogP contribution is 2.17. The van der Waals surface area contributed by atoms with Crippen LogP contribution < -0.4 is 9.80 Å². The van der Waals surface area contributed by atoms with E-state index in [1.807, 2.05) is 37.2 Å². The molecule has 0 aliphatic heterocycles. The number of nitriles is 1. The molecule has 0 fully saturated rings. The summed E-state index contributed by atoms with van der Waals surface area (Å²) >= 11 is 0. The van der Waals surface area contributed by atoms with E-state index in [1.54, 1.807) is 17.3 Å². The highest BCUT2D eigenvalue weighted by atomic mass is 15.2. The SMILES string of the molecule is CN(CC#N)c1cc(N(C)Cc2ccncc2)ncn1. The van der Waals surface area contributed by atoms with Gasteiger partial charge in [-0.3, -0.25) is 4.98 Å². The number of pyridine rings is 1. The fourth-order valence-corrected chi connectivity index (χ4v) is 1.78. The summed E-state index contributed by atoms with van der Waals surface area (Å²) < 4.78 is 0. The first-order valence-electron chi connectivity index (χ1n) is 6.21. The largest absolute Gasteiger partial charge is 0.355 e. The Bertz CT molecular complexity index is 592. The summed E-state index contributed by atoms with van der Waals surface area (Å²) in [6.07, 6.45) is 5.06. The van der Waals surface area contributed by atoms with Crippen LogP contribution in [-0.2, 0) is 6.54 Å². The van der Waals surface area contributed by atoms with Crippen molar-refractivity contribution < 1.29 is 0 Å². The van der Waals surface area contributed by atoms with Crippen LogP contribution >= 0.6 is 0 Å². The highest BCUT2D eigenvalue weighted by Gasteiger charge is 2.08. The van der Waals surface area contributed by atoms with Gasteiger partial charge in [0.2, 0.25) is 0 Å². The van der Waals surface area contributed by atoms with Crippen LogP contribution in [0.3, 0.4) is 0 Å². The molecule has 2 aromatic heterocycles. The monoisotopic (exact) mass is 268 g/mol. The quantitative estimate of drug-likeness (QED) is 0.765. The first-order chi connectivity index (χ1) is 9.70. The van der Waals surface area contributed by atoms with Crippen molar-refractivity contribution >= 4 is 11.6 Å². The van der Waals surface area contributed by atoms with Gasteiger partial charge in [-0.1, -0.05) is 0 Å². The van der Waals surface area contributed by atoms with Crippen LogP contribution in [-0.4, -0.2) is 35.6 Å². The minimum atomic E-state index is 0.296. The van der Waals surface area contributed by atoms with E-state index >= 15 is 0 Å². The van der Waals surface area contributed by atoms with Gasteiger partial charge in [0, 0.05) is 39.1 Å². The maximum absolute atomic E-state index is 8.72. The molecule has 2 heterocycles. The Balaban J connectivity index is 2.12. The summed E-state index contributed by atoms with van der Waals surface area (Å²) in [4.78, 5) is 16.3. The second-order valence-corrected chi connectivity index (χ2v) is 4.46. The van der Waals surface area contributed by atoms with Gasteiger partial charge in [0.25, 0.3) is 0 Å². The summed E-state index contributed by atoms with van der Waals surface area (Å²) in [5, 5.41) is 8.72. The van der Waals surface area contributed by atoms with Crippen molar-refractivity contribution in [2.45, 2.75) is 6.54 Å². The smallest absolute Gasteiger partial charge is 0.134 e. The Morgan fingerprint density at radius 2 is 1.75 bits per heavy atom. The molecule has 0 radical (unpaired) electrons. The fourth-order valence-electron chi connectivity index (χ4n) is 1.78. The third kappa shape index (κ3) is 3.42. The first kappa shape index (κ1) is 13.7. The predicted octanol–water partition coefficient (Wildman–Crippen LogP) is 1.47. The van der Waals surface area contributed by atoms with E-state index in [1.165, 1.54) is 6.33 Å². The van der Waals surface area contributed by atoms with Gasteiger partial charge < -0.3 is 9.80 Å². The van der Waals surface area contributed by atoms with Crippen LogP contribution in [0.1, 0.15) is 5.56 Å². The van der Waals surface area contributed by atoms with Crippen LogP contribution in [0.5, 0.6) is 0 Å². The topological polar surface area (TPSA) is 68.9 Å². The van der Waals surface area contributed by atoms with Gasteiger partial charge in [-0.05, 0) is 17.7 Å². The highest BCUT2D eigenvalue weighted by molar-refractivity contribution is 5.50. The summed E-state index contributed by atoms with van der Waals surface area (Å²) in [6.45, 7) is 1.03. The normalized spacial score (nSPS) is 9.85. The Kier molecular flexibility index (Phi) is 4.45. The lowest BCUT2D eigenvalue weighted by molar-refractivity contribution is 0.881. The van der Waals surface area contributed by atoms with Crippen molar-refractivity contribution in [1.82, 2.24) is 15.0 Å². The Morgan fingerprint density at radius 3 is 2.40 bits per heavy atom. The zero-order valence-corrected chi connectivity index (χ0v) is 11.6. The van der Waals surface area contributed by atoms with E-state index in [2.05, 4.69) is 21.0 Å². The van der Waals surface area contributed by atoms with E-state index in [9.17, 15) is 0 Å². The number of aromatic nitrogens is 3. The van der Waals surface area contributed by atoms with Gasteiger partial charge >= 0.3 is 0 Å². The molecule has 0 aliphatic carbocycles. The van der Waals surface area contributed by atoms with Crippen molar-refractivity contribution in [1.29, 1.82) is 5.26 Å². The van der Waals surface area contributed by atoms with E-state index < -0.39 is 0 Å². The molecular weight excluding hydrogens is 252 g/mol. The second kappa shape index (κ2) is 6.48. The molecule has 102 valence electrons. The molecule has 0 aliphatic rings. The number of rotatable bonds is 5. The molecule has 2 rings (SSSR count). The van der Waals surface area contributed by atoms with E-state index in [-0.39, 0.29) is 0 Å². The Morgan fingerprint density at radius 1 is 1.10 bits per heavy atom. The zero-order chi connectivity index (χ0) is 14.4. The standard InChI is InChI=1S/C14H16N6/c1-19(8-5-15)13-9-14(18-11-17-13)20(2)10-12-3-6-16-7-4-12/h3-4,6-7,9,11H,8,10H2,1-2H3. The molecule has 0 N–H and O–H groups in total. The van der Waals surface area contributed by atoms with Gasteiger partial charge in [-0.2, -0.15) is 5.26 Å². The third-order valence-corrected chi connectivity index (χ3v) is 2.90. The van der Waals surface area contributed by atoms with Crippen molar-refractivity contribution in [2.75, 3.05) is 30.4 Å². The number of anilines is 2. The molecule has 0 bridgehead atoms. The Hall–Kier alpha value is -2.68. The van der Waals surface area contributed by atoms with Gasteiger partial charge in [0.05, 0.1) is 6.07 Å². The summed E-state index contributed by atoms with van der Waals surface area (Å²) in [5.74, 6) is 1.55. The molecule has 2 aromatic rings. The summed E-state index contributed by atoms with van der Waals surface area (Å²) in [7, 11) is 3.80. The number of nitrogens with zero attached hydrogens (tertiary/aromatic N) is 6. The van der Waals surface area contributed by atoms with Crippen molar-refractivity contribution in [3.63, 3.8) is 0 Å². The second-order valence-electron chi connectivity index (χ2n) is 4.46. The fraction of sp³-hybridized carbons (Fsp3) is 0.286. The molecule has 0 unspecified atom stereocenters. The van der Waals surface area contributed by atoms with Crippen LogP contribution in [0.2, 0.25) is 0 Å². The lowest BCUT2D eigenvalue weighted by Crippen LogP contribution is -2.21. The van der Waals surface area contributed by atoms with E-state index in [0.717, 1.165) is 23.7 Å². The predicted molar refractivity (Wildman–Crippen MR) is 77.3 cm³/mol. The molecule has 0 aromatic carbocycles. The van der Waals surface area contributed by atoms with Crippen LogP contribution in [0, 0.1) is 11.3 Å². The molecule has 0 saturated carbocycles. The van der Waals surface area contributed by atoms with E-state index in [4.69, 9.17) is 5.26 Å². The first-order valence-corrected chi connectivity index (χ1v) is 6.21. The number of hydrogen-bond acceptors (Lipinski definition) is 6. The van der Waals surface area contributed by atoms with Crippen molar-refractivity contribution in [3.8, 4) is 6.07 Å². The summed E-state index contributed by atoms with van der Waals surface area (Å²) in [6, 6.07) is 7.92. The van der Waals surface area contributed by atoms with Crippen LogP contribution in [0.4, 0.5) is 11.6 Å². The summed E-state index contributed by atoms with van der Waals surface area (Å²) in [5.41, 5.74) is 1.16. The van der Waals surface area contributed by atoms with Crippen LogP contribution in [0.25, 0.3) is 0 Å². The molecular formula is C14H16N6. The average molecular weight is 268 g/mol. The van der Waals surface area contributed by atoms with Crippen molar-refractivity contribution in [2.24, 2.45) is 0 Å². The average Bonchev–Trinajstić information content (AvgIpc) is 2.48. The maximum atomic E-state index is 8.72. The number of hydrogen-bond donors (Lipinski definition) is 0. The third-order valence-electron chi connectivity index (χ3n) is 2.90. The molecule has 0 amide bonds. The minimum absolute atomic E-state index is 0.296. The van der Waals surface area contributed by atoms with Crippen molar-refractivity contribution in [3.05, 3.63) is 42.5 Å². The molecule has 6 nitrogen and oxygen atoms in total. The maximum Gasteiger partial charge on any atom is 0.134 e. The molecule has 20 heavy (non-hydrogen) atoms. The van der Waals surface area contributed by atoms with Gasteiger partial charge in [0.15, 0.2) is 0 Å². The molecule has 0 spiro atoms. The van der Waals surface area contributed by atoms with Gasteiger partial charge in [-0.15, -0.1) is 0 Å².